The van der Waals surface area contributed by atoms with Gasteiger partial charge in [-0.3, -0.25) is 0 Å². The van der Waals surface area contributed by atoms with Gasteiger partial charge < -0.3 is 4.90 Å². The Hall–Kier alpha value is -0.160. The molecule has 2 rings (SSSR count). The second-order valence-corrected chi connectivity index (χ2v) is 6.22. The van der Waals surface area contributed by atoms with Gasteiger partial charge in [0.05, 0.1) is 4.47 Å². The van der Waals surface area contributed by atoms with Crippen molar-refractivity contribution in [3.05, 3.63) is 17.0 Å². The molecule has 0 bridgehead atoms. The zero-order valence-electron chi connectivity index (χ0n) is 8.74. The molecule has 1 aromatic heterocycles. The summed E-state index contributed by atoms with van der Waals surface area (Å²) in [4.78, 5) is 11.1. The molecule has 82 valence electrons. The number of rotatable bonds is 1. The standard InChI is InChI=1S/C10H13Br2N3/c1-10(2)8(12)3-4-15(10)9-7(11)5-13-6-14-9/h5-6,8H,3-4H2,1-2H3. The molecule has 0 saturated carbocycles. The second kappa shape index (κ2) is 4.01. The number of alkyl halides is 1. The predicted molar refractivity (Wildman–Crippen MR) is 68.5 cm³/mol. The highest BCUT2D eigenvalue weighted by atomic mass is 79.9. The van der Waals surface area contributed by atoms with Crippen LogP contribution in [0.25, 0.3) is 0 Å². The molecule has 1 unspecified atom stereocenters. The topological polar surface area (TPSA) is 29.0 Å². The fourth-order valence-corrected chi connectivity index (χ4v) is 2.82. The van der Waals surface area contributed by atoms with Crippen LogP contribution in [0.15, 0.2) is 17.0 Å². The molecule has 15 heavy (non-hydrogen) atoms. The summed E-state index contributed by atoms with van der Waals surface area (Å²) in [5, 5.41) is 0. The summed E-state index contributed by atoms with van der Waals surface area (Å²) in [7, 11) is 0. The first-order chi connectivity index (χ1) is 7.03. The third kappa shape index (κ3) is 1.91. The van der Waals surface area contributed by atoms with Crippen LogP contribution in [0.5, 0.6) is 0 Å². The van der Waals surface area contributed by atoms with Crippen molar-refractivity contribution >= 4 is 37.7 Å². The number of hydrogen-bond donors (Lipinski definition) is 0. The molecule has 0 aliphatic carbocycles. The number of anilines is 1. The Kier molecular flexibility index (Phi) is 3.03. The quantitative estimate of drug-likeness (QED) is 0.739. The lowest BCUT2D eigenvalue weighted by molar-refractivity contribution is 0.529. The van der Waals surface area contributed by atoms with Crippen molar-refractivity contribution in [3.8, 4) is 0 Å². The fourth-order valence-electron chi connectivity index (χ4n) is 1.94. The van der Waals surface area contributed by atoms with Crippen molar-refractivity contribution in [2.45, 2.75) is 30.6 Å². The molecule has 1 fully saturated rings. The van der Waals surface area contributed by atoms with Crippen LogP contribution in [0.2, 0.25) is 0 Å². The van der Waals surface area contributed by atoms with E-state index in [4.69, 9.17) is 0 Å². The smallest absolute Gasteiger partial charge is 0.146 e. The van der Waals surface area contributed by atoms with E-state index in [1.54, 1.807) is 12.5 Å². The average Bonchev–Trinajstić information content (AvgIpc) is 2.44. The van der Waals surface area contributed by atoms with E-state index < -0.39 is 0 Å². The van der Waals surface area contributed by atoms with Crippen molar-refractivity contribution in [2.75, 3.05) is 11.4 Å². The molecule has 1 aliphatic heterocycles. The summed E-state index contributed by atoms with van der Waals surface area (Å²) in [5.41, 5.74) is 0.0941. The van der Waals surface area contributed by atoms with Gasteiger partial charge in [0.1, 0.15) is 12.1 Å². The van der Waals surface area contributed by atoms with Crippen molar-refractivity contribution in [3.63, 3.8) is 0 Å². The third-order valence-corrected chi connectivity index (χ3v) is 5.11. The summed E-state index contributed by atoms with van der Waals surface area (Å²) >= 11 is 7.22. The molecule has 1 saturated heterocycles. The van der Waals surface area contributed by atoms with Crippen LogP contribution in [0.4, 0.5) is 5.82 Å². The first kappa shape index (κ1) is 11.3. The summed E-state index contributed by atoms with van der Waals surface area (Å²) < 4.78 is 0.958. The van der Waals surface area contributed by atoms with Gasteiger partial charge >= 0.3 is 0 Å². The SMILES string of the molecule is CC1(C)C(Br)CCN1c1ncncc1Br. The molecular weight excluding hydrogens is 322 g/mol. The Labute approximate surface area is 107 Å². The van der Waals surface area contributed by atoms with Gasteiger partial charge in [0.25, 0.3) is 0 Å². The molecule has 5 heteroatoms. The first-order valence-electron chi connectivity index (χ1n) is 4.90. The van der Waals surface area contributed by atoms with Gasteiger partial charge in [0.15, 0.2) is 0 Å². The highest BCUT2D eigenvalue weighted by molar-refractivity contribution is 9.10. The molecule has 0 radical (unpaired) electrons. The largest absolute Gasteiger partial charge is 0.349 e. The molecule has 1 atom stereocenters. The number of nitrogens with zero attached hydrogens (tertiary/aromatic N) is 3. The maximum Gasteiger partial charge on any atom is 0.146 e. The van der Waals surface area contributed by atoms with Gasteiger partial charge in [-0.05, 0) is 36.2 Å². The molecular formula is C10H13Br2N3. The zero-order valence-corrected chi connectivity index (χ0v) is 11.9. The highest BCUT2D eigenvalue weighted by Crippen LogP contribution is 2.39. The second-order valence-electron chi connectivity index (χ2n) is 4.26. The lowest BCUT2D eigenvalue weighted by Gasteiger charge is -2.35. The van der Waals surface area contributed by atoms with E-state index in [1.807, 2.05) is 0 Å². The van der Waals surface area contributed by atoms with Crippen molar-refractivity contribution in [1.82, 2.24) is 9.97 Å². The van der Waals surface area contributed by atoms with E-state index in [0.29, 0.717) is 4.83 Å². The molecule has 0 N–H and O–H groups in total. The van der Waals surface area contributed by atoms with Crippen molar-refractivity contribution in [1.29, 1.82) is 0 Å². The van der Waals surface area contributed by atoms with Crippen LogP contribution in [0.1, 0.15) is 20.3 Å². The zero-order chi connectivity index (χ0) is 11.1. The Morgan fingerprint density at radius 1 is 1.53 bits per heavy atom. The van der Waals surface area contributed by atoms with Crippen LogP contribution in [-0.2, 0) is 0 Å². The van der Waals surface area contributed by atoms with E-state index in [2.05, 4.69) is 60.6 Å². The molecule has 3 nitrogen and oxygen atoms in total. The Balaban J connectivity index is 2.37. The number of halogens is 2. The van der Waals surface area contributed by atoms with Gasteiger partial charge in [0.2, 0.25) is 0 Å². The maximum atomic E-state index is 4.34. The van der Waals surface area contributed by atoms with Gasteiger partial charge in [0, 0.05) is 23.1 Å². The molecule has 1 aromatic rings. The minimum Gasteiger partial charge on any atom is -0.349 e. The maximum absolute atomic E-state index is 4.34. The predicted octanol–water partition coefficient (Wildman–Crippen LogP) is 2.99. The van der Waals surface area contributed by atoms with Crippen LogP contribution in [0.3, 0.4) is 0 Å². The van der Waals surface area contributed by atoms with E-state index in [1.165, 1.54) is 0 Å². The molecule has 0 amide bonds. The fraction of sp³-hybridized carbons (Fsp3) is 0.600. The summed E-state index contributed by atoms with van der Waals surface area (Å²) in [5.74, 6) is 0.983. The van der Waals surface area contributed by atoms with E-state index in [9.17, 15) is 0 Å². The lowest BCUT2D eigenvalue weighted by Crippen LogP contribution is -2.43. The minimum absolute atomic E-state index is 0.0941. The average molecular weight is 335 g/mol. The Bertz CT molecular complexity index is 367. The van der Waals surface area contributed by atoms with E-state index in [0.717, 1.165) is 23.3 Å². The number of hydrogen-bond acceptors (Lipinski definition) is 3. The van der Waals surface area contributed by atoms with Crippen LogP contribution in [-0.4, -0.2) is 26.9 Å². The van der Waals surface area contributed by atoms with Gasteiger partial charge in [-0.25, -0.2) is 9.97 Å². The number of aromatic nitrogens is 2. The minimum atomic E-state index is 0.0941. The normalized spacial score (nSPS) is 24.5. The van der Waals surface area contributed by atoms with Crippen LogP contribution < -0.4 is 4.90 Å². The van der Waals surface area contributed by atoms with Gasteiger partial charge in [-0.2, -0.15) is 0 Å². The van der Waals surface area contributed by atoms with Gasteiger partial charge in [-0.1, -0.05) is 15.9 Å². The molecule has 0 spiro atoms. The van der Waals surface area contributed by atoms with Crippen molar-refractivity contribution < 1.29 is 0 Å². The molecule has 2 heterocycles. The monoisotopic (exact) mass is 333 g/mol. The van der Waals surface area contributed by atoms with Crippen LogP contribution >= 0.6 is 31.9 Å². The summed E-state index contributed by atoms with van der Waals surface area (Å²) in [6.07, 6.45) is 4.53. The lowest BCUT2D eigenvalue weighted by atomic mass is 10.0. The van der Waals surface area contributed by atoms with Crippen molar-refractivity contribution in [2.24, 2.45) is 0 Å². The Morgan fingerprint density at radius 3 is 2.80 bits per heavy atom. The van der Waals surface area contributed by atoms with Crippen LogP contribution in [0, 0.1) is 0 Å². The summed E-state index contributed by atoms with van der Waals surface area (Å²) in [6, 6.07) is 0. The first-order valence-corrected chi connectivity index (χ1v) is 6.61. The molecule has 1 aliphatic rings. The highest BCUT2D eigenvalue weighted by Gasteiger charge is 2.41. The molecule has 0 aromatic carbocycles. The third-order valence-electron chi connectivity index (χ3n) is 2.97. The van der Waals surface area contributed by atoms with Gasteiger partial charge in [-0.15, -0.1) is 0 Å². The van der Waals surface area contributed by atoms with E-state index in [-0.39, 0.29) is 5.54 Å². The Morgan fingerprint density at radius 2 is 2.27 bits per heavy atom. The summed E-state index contributed by atoms with van der Waals surface area (Å²) in [6.45, 7) is 5.49. The van der Waals surface area contributed by atoms with E-state index >= 15 is 0 Å².